The van der Waals surface area contributed by atoms with Crippen LogP contribution < -0.4 is 4.74 Å². The summed E-state index contributed by atoms with van der Waals surface area (Å²) in [5.74, 6) is 0.639. The fourth-order valence-electron chi connectivity index (χ4n) is 4.31. The summed E-state index contributed by atoms with van der Waals surface area (Å²) < 4.78 is 33.6. The zero-order chi connectivity index (χ0) is 17.1. The first-order valence-corrected chi connectivity index (χ1v) is 9.39. The molecule has 3 heteroatoms. The number of benzene rings is 1. The molecule has 2 aliphatic carbocycles. The van der Waals surface area contributed by atoms with Crippen molar-refractivity contribution in [1.29, 1.82) is 0 Å². The van der Waals surface area contributed by atoms with E-state index in [1.165, 1.54) is 25.7 Å². The lowest BCUT2D eigenvalue weighted by molar-refractivity contribution is 0.225. The smallest absolute Gasteiger partial charge is 0.200 e. The highest BCUT2D eigenvalue weighted by Crippen LogP contribution is 2.41. The van der Waals surface area contributed by atoms with E-state index >= 15 is 0 Å². The first-order chi connectivity index (χ1) is 11.6. The molecule has 2 atom stereocenters. The highest BCUT2D eigenvalue weighted by atomic mass is 19.2. The molecule has 0 saturated heterocycles. The third kappa shape index (κ3) is 3.65. The van der Waals surface area contributed by atoms with Crippen LogP contribution >= 0.6 is 0 Å². The van der Waals surface area contributed by atoms with Crippen LogP contribution in [-0.4, -0.2) is 6.61 Å². The standard InChI is InChI=1S/C21H28F2O/c1-3-24-19-13-12-18(20(22)21(19)23)17-10-8-16(9-11-17)15-6-4-14(2)5-7-15/h8,10,12-17H,3-7,9,11H2,1-2H3. The number of allylic oxidation sites excluding steroid dienone is 2. The summed E-state index contributed by atoms with van der Waals surface area (Å²) >= 11 is 0. The van der Waals surface area contributed by atoms with Crippen molar-refractivity contribution < 1.29 is 13.5 Å². The second kappa shape index (κ2) is 7.67. The lowest BCUT2D eigenvalue weighted by atomic mass is 9.71. The minimum Gasteiger partial charge on any atom is -0.491 e. The topological polar surface area (TPSA) is 9.23 Å². The van der Waals surface area contributed by atoms with Crippen LogP contribution in [0.15, 0.2) is 24.3 Å². The Labute approximate surface area is 144 Å². The number of hydrogen-bond donors (Lipinski definition) is 0. The van der Waals surface area contributed by atoms with E-state index in [-0.39, 0.29) is 11.7 Å². The Balaban J connectivity index is 1.69. The quantitative estimate of drug-likeness (QED) is 0.592. The summed E-state index contributed by atoms with van der Waals surface area (Å²) in [5, 5.41) is 0. The zero-order valence-corrected chi connectivity index (χ0v) is 14.7. The monoisotopic (exact) mass is 334 g/mol. The van der Waals surface area contributed by atoms with E-state index in [9.17, 15) is 8.78 Å². The molecule has 3 rings (SSSR count). The summed E-state index contributed by atoms with van der Waals surface area (Å²) in [6.45, 7) is 4.44. The Kier molecular flexibility index (Phi) is 5.57. The predicted octanol–water partition coefficient (Wildman–Crippen LogP) is 6.24. The molecular formula is C21H28F2O. The van der Waals surface area contributed by atoms with Gasteiger partial charge in [-0.2, -0.15) is 4.39 Å². The highest BCUT2D eigenvalue weighted by Gasteiger charge is 2.29. The van der Waals surface area contributed by atoms with Crippen molar-refractivity contribution in [2.75, 3.05) is 6.61 Å². The van der Waals surface area contributed by atoms with Gasteiger partial charge in [0.1, 0.15) is 0 Å². The zero-order valence-electron chi connectivity index (χ0n) is 14.7. The van der Waals surface area contributed by atoms with Crippen LogP contribution in [0, 0.1) is 29.4 Å². The van der Waals surface area contributed by atoms with Gasteiger partial charge in [-0.25, -0.2) is 4.39 Å². The number of ether oxygens (including phenoxy) is 1. The highest BCUT2D eigenvalue weighted by molar-refractivity contribution is 5.35. The normalized spacial score (nSPS) is 30.3. The third-order valence-corrected chi connectivity index (χ3v) is 5.84. The van der Waals surface area contributed by atoms with Crippen LogP contribution in [0.4, 0.5) is 8.78 Å². The average Bonchev–Trinajstić information content (AvgIpc) is 2.60. The fraction of sp³-hybridized carbons (Fsp3) is 0.619. The maximum Gasteiger partial charge on any atom is 0.200 e. The molecule has 1 aromatic rings. The van der Waals surface area contributed by atoms with Crippen molar-refractivity contribution in [1.82, 2.24) is 0 Å². The van der Waals surface area contributed by atoms with Crippen LogP contribution in [0.3, 0.4) is 0 Å². The molecule has 1 fully saturated rings. The van der Waals surface area contributed by atoms with E-state index in [2.05, 4.69) is 19.1 Å². The Morgan fingerprint density at radius 1 is 0.958 bits per heavy atom. The molecule has 1 saturated carbocycles. The molecule has 2 unspecified atom stereocenters. The van der Waals surface area contributed by atoms with Gasteiger partial charge in [0.2, 0.25) is 5.82 Å². The second-order valence-electron chi connectivity index (χ2n) is 7.47. The fourth-order valence-corrected chi connectivity index (χ4v) is 4.31. The van der Waals surface area contributed by atoms with E-state index in [1.54, 1.807) is 19.1 Å². The van der Waals surface area contributed by atoms with Gasteiger partial charge in [0.15, 0.2) is 11.6 Å². The SMILES string of the molecule is CCOc1ccc(C2C=CC(C3CCC(C)CC3)CC2)c(F)c1F. The van der Waals surface area contributed by atoms with Crippen molar-refractivity contribution in [2.24, 2.45) is 17.8 Å². The molecule has 0 N–H and O–H groups in total. The predicted molar refractivity (Wildman–Crippen MR) is 93.3 cm³/mol. The molecule has 1 aromatic carbocycles. The van der Waals surface area contributed by atoms with Crippen LogP contribution in [0.5, 0.6) is 5.75 Å². The molecule has 132 valence electrons. The molecular weight excluding hydrogens is 306 g/mol. The van der Waals surface area contributed by atoms with E-state index in [0.717, 1.165) is 24.7 Å². The summed E-state index contributed by atoms with van der Waals surface area (Å²) in [7, 11) is 0. The van der Waals surface area contributed by atoms with E-state index in [4.69, 9.17) is 4.74 Å². The lowest BCUT2D eigenvalue weighted by Crippen LogP contribution is -2.22. The largest absolute Gasteiger partial charge is 0.491 e. The molecule has 0 amide bonds. The van der Waals surface area contributed by atoms with Crippen molar-refractivity contribution in [2.45, 2.75) is 58.3 Å². The number of halogens is 2. The molecule has 1 nitrogen and oxygen atoms in total. The van der Waals surface area contributed by atoms with Crippen molar-refractivity contribution in [3.8, 4) is 5.75 Å². The molecule has 0 bridgehead atoms. The molecule has 0 aromatic heterocycles. The maximum absolute atomic E-state index is 14.4. The molecule has 0 heterocycles. The Bertz CT molecular complexity index is 588. The van der Waals surface area contributed by atoms with Crippen LogP contribution in [0.2, 0.25) is 0 Å². The molecule has 0 spiro atoms. The summed E-state index contributed by atoms with van der Waals surface area (Å²) in [6.07, 6.45) is 11.6. The summed E-state index contributed by atoms with van der Waals surface area (Å²) in [4.78, 5) is 0. The Hall–Kier alpha value is -1.38. The van der Waals surface area contributed by atoms with Crippen molar-refractivity contribution in [3.63, 3.8) is 0 Å². The average molecular weight is 334 g/mol. The van der Waals surface area contributed by atoms with Crippen LogP contribution in [0.25, 0.3) is 0 Å². The summed E-state index contributed by atoms with van der Waals surface area (Å²) in [5.41, 5.74) is 0.461. The van der Waals surface area contributed by atoms with Crippen LogP contribution in [-0.2, 0) is 0 Å². The second-order valence-corrected chi connectivity index (χ2v) is 7.47. The van der Waals surface area contributed by atoms with E-state index in [1.807, 2.05) is 0 Å². The summed E-state index contributed by atoms with van der Waals surface area (Å²) in [6, 6.07) is 3.24. The van der Waals surface area contributed by atoms with Crippen molar-refractivity contribution in [3.05, 3.63) is 41.5 Å². The van der Waals surface area contributed by atoms with Gasteiger partial charge in [-0.3, -0.25) is 0 Å². The lowest BCUT2D eigenvalue weighted by Gasteiger charge is -2.34. The van der Waals surface area contributed by atoms with Crippen LogP contribution in [0.1, 0.15) is 63.9 Å². The molecule has 2 aliphatic rings. The van der Waals surface area contributed by atoms with Gasteiger partial charge in [0, 0.05) is 5.92 Å². The van der Waals surface area contributed by atoms with Gasteiger partial charge in [-0.15, -0.1) is 0 Å². The van der Waals surface area contributed by atoms with Gasteiger partial charge < -0.3 is 4.74 Å². The van der Waals surface area contributed by atoms with E-state index in [0.29, 0.717) is 18.1 Å². The van der Waals surface area contributed by atoms with Gasteiger partial charge in [-0.1, -0.05) is 38.0 Å². The molecule has 24 heavy (non-hydrogen) atoms. The number of rotatable bonds is 4. The Morgan fingerprint density at radius 3 is 2.33 bits per heavy atom. The Morgan fingerprint density at radius 2 is 1.71 bits per heavy atom. The molecule has 0 radical (unpaired) electrons. The van der Waals surface area contributed by atoms with Gasteiger partial charge >= 0.3 is 0 Å². The third-order valence-electron chi connectivity index (χ3n) is 5.84. The first-order valence-electron chi connectivity index (χ1n) is 9.39. The maximum atomic E-state index is 14.4. The minimum absolute atomic E-state index is 0.00717. The van der Waals surface area contributed by atoms with E-state index < -0.39 is 11.6 Å². The van der Waals surface area contributed by atoms with Crippen molar-refractivity contribution >= 4 is 0 Å². The minimum atomic E-state index is -0.855. The van der Waals surface area contributed by atoms with Gasteiger partial charge in [0.05, 0.1) is 6.61 Å². The van der Waals surface area contributed by atoms with Gasteiger partial charge in [0.25, 0.3) is 0 Å². The number of hydrogen-bond acceptors (Lipinski definition) is 1. The first kappa shape index (κ1) is 17.4. The molecule has 0 aliphatic heterocycles. The van der Waals surface area contributed by atoms with Gasteiger partial charge in [-0.05, 0) is 62.0 Å².